The number of ether oxygens (including phenoxy) is 2. The fourth-order valence-corrected chi connectivity index (χ4v) is 5.25. The maximum Gasteiger partial charge on any atom is 0.290 e. The van der Waals surface area contributed by atoms with Crippen LogP contribution in [0.5, 0.6) is 11.5 Å². The maximum atomic E-state index is 13.6. The maximum absolute atomic E-state index is 13.6. The summed E-state index contributed by atoms with van der Waals surface area (Å²) in [6, 6.07) is 17.9. The van der Waals surface area contributed by atoms with Crippen LogP contribution >= 0.6 is 23.4 Å². The zero-order valence-corrected chi connectivity index (χ0v) is 22.5. The Kier molecular flexibility index (Phi) is 7.45. The smallest absolute Gasteiger partial charge is 0.290 e. The lowest BCUT2D eigenvalue weighted by Crippen LogP contribution is -2.18. The van der Waals surface area contributed by atoms with Crippen molar-refractivity contribution in [1.29, 1.82) is 0 Å². The number of carbonyl (C=O) groups excluding carboxylic acids is 2. The highest BCUT2D eigenvalue weighted by Gasteiger charge is 2.27. The molecule has 0 aliphatic carbocycles. The number of hydrogen-bond donors (Lipinski definition) is 1. The molecule has 5 rings (SSSR count). The Bertz CT molecular complexity index is 1700. The van der Waals surface area contributed by atoms with Crippen LogP contribution in [0.15, 0.2) is 76.4 Å². The molecule has 1 aromatic heterocycles. The number of aryl methyl sites for hydroxylation is 1. The van der Waals surface area contributed by atoms with Gasteiger partial charge in [-0.05, 0) is 84.4 Å². The fourth-order valence-electron chi connectivity index (χ4n) is 4.34. The Morgan fingerprint density at radius 2 is 1.67 bits per heavy atom. The number of halogens is 2. The first kappa shape index (κ1) is 26.5. The Labute approximate surface area is 232 Å². The SMILES string of the molecule is C/C(=C1\SC(=O)NC1=O)c1ccc(OCCOc2c(-c3ccc(F)cc3)n(C)c3cc(Cl)ccc3c2=O)cc1. The van der Waals surface area contributed by atoms with E-state index in [4.69, 9.17) is 21.1 Å². The van der Waals surface area contributed by atoms with Crippen molar-refractivity contribution in [1.82, 2.24) is 9.88 Å². The van der Waals surface area contributed by atoms with Crippen LogP contribution in [-0.4, -0.2) is 28.9 Å². The van der Waals surface area contributed by atoms with Crippen LogP contribution in [0.25, 0.3) is 27.7 Å². The summed E-state index contributed by atoms with van der Waals surface area (Å²) in [7, 11) is 1.79. The van der Waals surface area contributed by atoms with E-state index < -0.39 is 5.91 Å². The number of benzene rings is 3. The molecule has 1 saturated heterocycles. The minimum atomic E-state index is -0.400. The highest BCUT2D eigenvalue weighted by molar-refractivity contribution is 8.18. The molecule has 1 aliphatic rings. The number of carbonyl (C=O) groups is 2. The lowest BCUT2D eigenvalue weighted by Gasteiger charge is -2.18. The van der Waals surface area contributed by atoms with Crippen LogP contribution in [0.4, 0.5) is 9.18 Å². The number of allylic oxidation sites excluding steroid dienone is 1. The first-order valence-electron chi connectivity index (χ1n) is 11.9. The van der Waals surface area contributed by atoms with E-state index in [-0.39, 0.29) is 35.4 Å². The molecule has 2 amide bonds. The van der Waals surface area contributed by atoms with Crippen LogP contribution in [0.2, 0.25) is 5.02 Å². The van der Waals surface area contributed by atoms with Gasteiger partial charge >= 0.3 is 0 Å². The standard InChI is InChI=1S/C29H22ClFN2O5S/c1-16(27-28(35)32-29(36)39-27)17-5-10-21(11-6-17)37-13-14-38-26-24(18-3-8-20(31)9-4-18)33(2)23-15-19(30)7-12-22(23)25(26)34/h3-12,15H,13-14H2,1-2H3,(H,32,35,36)/b27-16+. The largest absolute Gasteiger partial charge is 0.490 e. The van der Waals surface area contributed by atoms with Gasteiger partial charge in [-0.2, -0.15) is 0 Å². The van der Waals surface area contributed by atoms with E-state index in [1.54, 1.807) is 73.1 Å². The fraction of sp³-hybridized carbons (Fsp3) is 0.138. The van der Waals surface area contributed by atoms with Crippen molar-refractivity contribution in [3.63, 3.8) is 0 Å². The molecular formula is C29H22ClFN2O5S. The number of nitrogens with zero attached hydrogens (tertiary/aromatic N) is 1. The van der Waals surface area contributed by atoms with Gasteiger partial charge in [0.1, 0.15) is 24.8 Å². The highest BCUT2D eigenvalue weighted by Crippen LogP contribution is 2.33. The van der Waals surface area contributed by atoms with Gasteiger partial charge in [0, 0.05) is 23.0 Å². The van der Waals surface area contributed by atoms with Crippen molar-refractivity contribution in [3.05, 3.63) is 98.3 Å². The van der Waals surface area contributed by atoms with Gasteiger partial charge in [0.15, 0.2) is 5.75 Å². The lowest BCUT2D eigenvalue weighted by atomic mass is 10.1. The normalized spacial score (nSPS) is 14.5. The molecule has 0 unspecified atom stereocenters. The lowest BCUT2D eigenvalue weighted by molar-refractivity contribution is -0.115. The Hall–Kier alpha value is -4.08. The average Bonchev–Trinajstić information content (AvgIpc) is 3.27. The number of thioether (sulfide) groups is 1. The third-order valence-corrected chi connectivity index (χ3v) is 7.50. The number of amides is 2. The van der Waals surface area contributed by atoms with E-state index in [2.05, 4.69) is 5.32 Å². The second-order valence-corrected chi connectivity index (χ2v) is 10.2. The van der Waals surface area contributed by atoms with E-state index in [1.807, 2.05) is 0 Å². The molecular weight excluding hydrogens is 543 g/mol. The first-order chi connectivity index (χ1) is 18.7. The molecule has 0 radical (unpaired) electrons. The third kappa shape index (κ3) is 5.41. The molecule has 0 bridgehead atoms. The number of nitrogens with one attached hydrogen (secondary N) is 1. The molecule has 7 nitrogen and oxygen atoms in total. The van der Waals surface area contributed by atoms with Gasteiger partial charge < -0.3 is 14.0 Å². The average molecular weight is 565 g/mol. The van der Waals surface area contributed by atoms with Crippen LogP contribution in [-0.2, 0) is 11.8 Å². The predicted molar refractivity (Wildman–Crippen MR) is 151 cm³/mol. The number of hydrogen-bond acceptors (Lipinski definition) is 6. The van der Waals surface area contributed by atoms with Crippen LogP contribution in [0.3, 0.4) is 0 Å². The van der Waals surface area contributed by atoms with Gasteiger partial charge in [0.05, 0.1) is 16.1 Å². The molecule has 0 atom stereocenters. The topological polar surface area (TPSA) is 86.6 Å². The van der Waals surface area contributed by atoms with Gasteiger partial charge in [0.25, 0.3) is 11.1 Å². The zero-order valence-electron chi connectivity index (χ0n) is 20.9. The molecule has 10 heteroatoms. The van der Waals surface area contributed by atoms with Crippen molar-refractivity contribution < 1.29 is 23.5 Å². The molecule has 39 heavy (non-hydrogen) atoms. The highest BCUT2D eigenvalue weighted by atomic mass is 35.5. The minimum absolute atomic E-state index is 0.0757. The van der Waals surface area contributed by atoms with Crippen LogP contribution < -0.4 is 20.2 Å². The summed E-state index contributed by atoms with van der Waals surface area (Å²) in [5, 5.41) is 2.80. The van der Waals surface area contributed by atoms with Crippen LogP contribution in [0.1, 0.15) is 12.5 Å². The van der Waals surface area contributed by atoms with E-state index in [9.17, 15) is 18.8 Å². The number of rotatable bonds is 7. The summed E-state index contributed by atoms with van der Waals surface area (Å²) in [5.41, 5.74) is 2.91. The first-order valence-corrected chi connectivity index (χ1v) is 13.1. The van der Waals surface area contributed by atoms with Crippen molar-refractivity contribution in [3.8, 4) is 22.8 Å². The molecule has 3 aromatic carbocycles. The quantitative estimate of drug-likeness (QED) is 0.213. The van der Waals surface area contributed by atoms with Gasteiger partial charge in [-0.1, -0.05) is 23.7 Å². The summed E-state index contributed by atoms with van der Waals surface area (Å²) in [6.07, 6.45) is 0. The van der Waals surface area contributed by atoms with E-state index >= 15 is 0 Å². The minimum Gasteiger partial charge on any atom is -0.490 e. The molecule has 2 heterocycles. The molecule has 0 spiro atoms. The zero-order chi connectivity index (χ0) is 27.7. The number of imide groups is 1. The Morgan fingerprint density at radius 3 is 2.33 bits per heavy atom. The van der Waals surface area contributed by atoms with Crippen molar-refractivity contribution >= 4 is 51.0 Å². The van der Waals surface area contributed by atoms with Gasteiger partial charge in [-0.25, -0.2) is 4.39 Å². The van der Waals surface area contributed by atoms with Crippen LogP contribution in [0, 0.1) is 5.82 Å². The van der Waals surface area contributed by atoms with E-state index in [1.165, 1.54) is 12.1 Å². The third-order valence-electron chi connectivity index (χ3n) is 6.28. The van der Waals surface area contributed by atoms with Crippen molar-refractivity contribution in [2.75, 3.05) is 13.2 Å². The van der Waals surface area contributed by atoms with Crippen molar-refractivity contribution in [2.45, 2.75) is 6.92 Å². The summed E-state index contributed by atoms with van der Waals surface area (Å²) in [6.45, 7) is 2.00. The Balaban J connectivity index is 1.35. The van der Waals surface area contributed by atoms with Crippen molar-refractivity contribution in [2.24, 2.45) is 7.05 Å². The van der Waals surface area contributed by atoms with Gasteiger partial charge in [-0.15, -0.1) is 0 Å². The second kappa shape index (κ2) is 11.0. The number of aromatic nitrogens is 1. The molecule has 1 fully saturated rings. The second-order valence-electron chi connectivity index (χ2n) is 8.75. The van der Waals surface area contributed by atoms with E-state index in [0.717, 1.165) is 17.3 Å². The summed E-state index contributed by atoms with van der Waals surface area (Å²) in [5.74, 6) is -0.0934. The molecule has 1 N–H and O–H groups in total. The van der Waals surface area contributed by atoms with Gasteiger partial charge in [-0.3, -0.25) is 19.7 Å². The molecule has 198 valence electrons. The monoisotopic (exact) mass is 564 g/mol. The van der Waals surface area contributed by atoms with E-state index in [0.29, 0.717) is 43.4 Å². The summed E-state index contributed by atoms with van der Waals surface area (Å²) < 4.78 is 27.2. The number of fused-ring (bicyclic) bond motifs is 1. The number of pyridine rings is 1. The van der Waals surface area contributed by atoms with Gasteiger partial charge in [0.2, 0.25) is 5.43 Å². The Morgan fingerprint density at radius 1 is 0.974 bits per heavy atom. The predicted octanol–water partition coefficient (Wildman–Crippen LogP) is 6.17. The molecule has 1 aliphatic heterocycles. The molecule has 0 saturated carbocycles. The summed E-state index contributed by atoms with van der Waals surface area (Å²) in [4.78, 5) is 37.2. The molecule has 4 aromatic rings. The summed E-state index contributed by atoms with van der Waals surface area (Å²) >= 11 is 7.07.